The summed E-state index contributed by atoms with van der Waals surface area (Å²) in [4.78, 5) is 0. The zero-order valence-electron chi connectivity index (χ0n) is 10.9. The van der Waals surface area contributed by atoms with Crippen molar-refractivity contribution in [1.82, 2.24) is 0 Å². The third-order valence-electron chi connectivity index (χ3n) is 3.57. The predicted octanol–water partition coefficient (Wildman–Crippen LogP) is 3.19. The maximum absolute atomic E-state index is 6.38. The van der Waals surface area contributed by atoms with Crippen LogP contribution in [-0.2, 0) is 4.74 Å². The van der Waals surface area contributed by atoms with Gasteiger partial charge in [-0.05, 0) is 37.5 Å². The Morgan fingerprint density at radius 3 is 2.89 bits per heavy atom. The standard InChI is InChI=1S/C14H20BrNO2/c1-9-6-13(17-2)11(7-12(9)15)14(16)10-4-3-5-18-8-10/h6-7,10,14H,3-5,8,16H2,1-2H3. The highest BCUT2D eigenvalue weighted by Gasteiger charge is 2.25. The average molecular weight is 314 g/mol. The van der Waals surface area contributed by atoms with E-state index in [4.69, 9.17) is 15.2 Å². The molecule has 0 spiro atoms. The summed E-state index contributed by atoms with van der Waals surface area (Å²) in [5, 5.41) is 0. The lowest BCUT2D eigenvalue weighted by atomic mass is 9.88. The Bertz CT molecular complexity index is 417. The van der Waals surface area contributed by atoms with Gasteiger partial charge in [0.2, 0.25) is 0 Å². The van der Waals surface area contributed by atoms with Gasteiger partial charge in [-0.25, -0.2) is 0 Å². The molecule has 1 aliphatic heterocycles. The number of ether oxygens (including phenoxy) is 2. The minimum absolute atomic E-state index is 0.0304. The minimum atomic E-state index is -0.0304. The van der Waals surface area contributed by atoms with E-state index in [1.807, 2.05) is 13.0 Å². The van der Waals surface area contributed by atoms with Crippen molar-refractivity contribution in [3.63, 3.8) is 0 Å². The van der Waals surface area contributed by atoms with E-state index in [0.717, 1.165) is 47.4 Å². The van der Waals surface area contributed by atoms with Crippen molar-refractivity contribution < 1.29 is 9.47 Å². The smallest absolute Gasteiger partial charge is 0.123 e. The van der Waals surface area contributed by atoms with Crippen LogP contribution in [-0.4, -0.2) is 20.3 Å². The van der Waals surface area contributed by atoms with Crippen molar-refractivity contribution >= 4 is 15.9 Å². The molecule has 0 radical (unpaired) electrons. The third kappa shape index (κ3) is 2.87. The maximum atomic E-state index is 6.38. The van der Waals surface area contributed by atoms with Crippen molar-refractivity contribution in [2.75, 3.05) is 20.3 Å². The summed E-state index contributed by atoms with van der Waals surface area (Å²) in [7, 11) is 1.69. The predicted molar refractivity (Wildman–Crippen MR) is 75.9 cm³/mol. The Morgan fingerprint density at radius 2 is 2.28 bits per heavy atom. The topological polar surface area (TPSA) is 44.5 Å². The van der Waals surface area contributed by atoms with Crippen LogP contribution >= 0.6 is 15.9 Å². The second-order valence-electron chi connectivity index (χ2n) is 4.85. The van der Waals surface area contributed by atoms with Crippen LogP contribution in [0.4, 0.5) is 0 Å². The first-order valence-electron chi connectivity index (χ1n) is 6.31. The molecule has 0 aromatic heterocycles. The summed E-state index contributed by atoms with van der Waals surface area (Å²) in [6, 6.07) is 4.08. The Kier molecular flexibility index (Phi) is 4.65. The van der Waals surface area contributed by atoms with Crippen molar-refractivity contribution in [1.29, 1.82) is 0 Å². The number of rotatable bonds is 3. The molecule has 2 rings (SSSR count). The normalized spacial score (nSPS) is 21.7. The van der Waals surface area contributed by atoms with E-state index >= 15 is 0 Å². The van der Waals surface area contributed by atoms with E-state index in [9.17, 15) is 0 Å². The highest BCUT2D eigenvalue weighted by molar-refractivity contribution is 9.10. The molecule has 2 N–H and O–H groups in total. The first kappa shape index (κ1) is 13.8. The van der Waals surface area contributed by atoms with Crippen LogP contribution in [0.25, 0.3) is 0 Å². The number of nitrogens with two attached hydrogens (primary N) is 1. The first-order chi connectivity index (χ1) is 8.63. The highest BCUT2D eigenvalue weighted by atomic mass is 79.9. The van der Waals surface area contributed by atoms with Crippen molar-refractivity contribution in [2.24, 2.45) is 11.7 Å². The molecule has 2 unspecified atom stereocenters. The van der Waals surface area contributed by atoms with Crippen molar-refractivity contribution in [2.45, 2.75) is 25.8 Å². The maximum Gasteiger partial charge on any atom is 0.123 e. The molecule has 1 aromatic carbocycles. The highest BCUT2D eigenvalue weighted by Crippen LogP contribution is 2.35. The molecular formula is C14H20BrNO2. The lowest BCUT2D eigenvalue weighted by Gasteiger charge is -2.29. The van der Waals surface area contributed by atoms with Gasteiger partial charge in [0.25, 0.3) is 0 Å². The fourth-order valence-electron chi connectivity index (χ4n) is 2.41. The molecule has 0 amide bonds. The summed E-state index contributed by atoms with van der Waals surface area (Å²) in [6.07, 6.45) is 2.21. The molecule has 4 heteroatoms. The van der Waals surface area contributed by atoms with Gasteiger partial charge in [0.05, 0.1) is 13.7 Å². The summed E-state index contributed by atoms with van der Waals surface area (Å²) >= 11 is 3.56. The zero-order valence-corrected chi connectivity index (χ0v) is 12.5. The summed E-state index contributed by atoms with van der Waals surface area (Å²) in [5.41, 5.74) is 8.60. The van der Waals surface area contributed by atoms with E-state index in [2.05, 4.69) is 22.0 Å². The molecule has 1 saturated heterocycles. The number of hydrogen-bond acceptors (Lipinski definition) is 3. The van der Waals surface area contributed by atoms with Crippen LogP contribution in [0, 0.1) is 12.8 Å². The fraction of sp³-hybridized carbons (Fsp3) is 0.571. The molecule has 18 heavy (non-hydrogen) atoms. The third-order valence-corrected chi connectivity index (χ3v) is 4.43. The summed E-state index contributed by atoms with van der Waals surface area (Å²) in [6.45, 7) is 3.65. The monoisotopic (exact) mass is 313 g/mol. The Morgan fingerprint density at radius 1 is 1.50 bits per heavy atom. The van der Waals surface area contributed by atoms with Gasteiger partial charge in [0.1, 0.15) is 5.75 Å². The van der Waals surface area contributed by atoms with Crippen LogP contribution < -0.4 is 10.5 Å². The Labute approximate surface area is 117 Å². The summed E-state index contributed by atoms with van der Waals surface area (Å²) in [5.74, 6) is 1.25. The quantitative estimate of drug-likeness (QED) is 0.932. The lowest BCUT2D eigenvalue weighted by Crippen LogP contribution is -2.29. The second-order valence-corrected chi connectivity index (χ2v) is 5.70. The van der Waals surface area contributed by atoms with Gasteiger partial charge in [-0.15, -0.1) is 0 Å². The van der Waals surface area contributed by atoms with E-state index in [-0.39, 0.29) is 6.04 Å². The molecule has 3 nitrogen and oxygen atoms in total. The Balaban J connectivity index is 2.27. The van der Waals surface area contributed by atoms with Gasteiger partial charge in [0, 0.05) is 28.6 Å². The van der Waals surface area contributed by atoms with Crippen molar-refractivity contribution in [3.05, 3.63) is 27.7 Å². The van der Waals surface area contributed by atoms with Crippen LogP contribution in [0.3, 0.4) is 0 Å². The molecule has 1 aliphatic rings. The molecule has 0 bridgehead atoms. The van der Waals surface area contributed by atoms with Gasteiger partial charge >= 0.3 is 0 Å². The van der Waals surface area contributed by atoms with E-state index in [0.29, 0.717) is 5.92 Å². The van der Waals surface area contributed by atoms with Crippen LogP contribution in [0.5, 0.6) is 5.75 Å². The van der Waals surface area contributed by atoms with Gasteiger partial charge < -0.3 is 15.2 Å². The van der Waals surface area contributed by atoms with Gasteiger partial charge in [-0.2, -0.15) is 0 Å². The fourth-order valence-corrected chi connectivity index (χ4v) is 2.77. The van der Waals surface area contributed by atoms with E-state index < -0.39 is 0 Å². The number of aryl methyl sites for hydroxylation is 1. The van der Waals surface area contributed by atoms with Gasteiger partial charge in [0.15, 0.2) is 0 Å². The first-order valence-corrected chi connectivity index (χ1v) is 7.10. The molecule has 100 valence electrons. The largest absolute Gasteiger partial charge is 0.496 e. The molecule has 1 fully saturated rings. The van der Waals surface area contributed by atoms with E-state index in [1.165, 1.54) is 0 Å². The van der Waals surface area contributed by atoms with Crippen LogP contribution in [0.2, 0.25) is 0 Å². The number of hydrogen-bond donors (Lipinski definition) is 1. The number of halogens is 1. The van der Waals surface area contributed by atoms with Crippen molar-refractivity contribution in [3.8, 4) is 5.75 Å². The molecule has 0 saturated carbocycles. The molecule has 0 aliphatic carbocycles. The second kappa shape index (κ2) is 6.04. The minimum Gasteiger partial charge on any atom is -0.496 e. The molecule has 1 aromatic rings. The SMILES string of the molecule is COc1cc(C)c(Br)cc1C(N)C1CCCOC1. The Hall–Kier alpha value is -0.580. The number of methoxy groups -OCH3 is 1. The number of benzene rings is 1. The van der Waals surface area contributed by atoms with Crippen LogP contribution in [0.1, 0.15) is 30.0 Å². The molecular weight excluding hydrogens is 294 g/mol. The van der Waals surface area contributed by atoms with Crippen LogP contribution in [0.15, 0.2) is 16.6 Å². The average Bonchev–Trinajstić information content (AvgIpc) is 2.41. The van der Waals surface area contributed by atoms with Gasteiger partial charge in [-0.3, -0.25) is 0 Å². The van der Waals surface area contributed by atoms with E-state index in [1.54, 1.807) is 7.11 Å². The lowest BCUT2D eigenvalue weighted by molar-refractivity contribution is 0.0444. The molecule has 1 heterocycles. The summed E-state index contributed by atoms with van der Waals surface area (Å²) < 4.78 is 12.0. The van der Waals surface area contributed by atoms with Gasteiger partial charge in [-0.1, -0.05) is 15.9 Å². The molecule has 2 atom stereocenters. The zero-order chi connectivity index (χ0) is 13.1.